The average Bonchev–Trinajstić information content (AvgIpc) is 4.08. The van der Waals surface area contributed by atoms with Crippen LogP contribution in [0.2, 0.25) is 0 Å². The lowest BCUT2D eigenvalue weighted by Gasteiger charge is -2.37. The van der Waals surface area contributed by atoms with Gasteiger partial charge in [0.25, 0.3) is 0 Å². The number of hydrogen-bond donors (Lipinski definition) is 2. The van der Waals surface area contributed by atoms with Crippen molar-refractivity contribution in [2.24, 2.45) is 29.6 Å². The first-order chi connectivity index (χ1) is 26.7. The largest absolute Gasteiger partial charge is 0.444 e. The third-order valence-corrected chi connectivity index (χ3v) is 11.0. The predicted octanol–water partition coefficient (Wildman–Crippen LogP) is 6.21. The Morgan fingerprint density at radius 2 is 1.54 bits per heavy atom. The van der Waals surface area contributed by atoms with Crippen molar-refractivity contribution in [2.45, 2.75) is 141 Å². The second-order valence-corrected chi connectivity index (χ2v) is 17.6. The molecule has 0 radical (unpaired) electrons. The first kappa shape index (κ1) is 45.5. The van der Waals surface area contributed by atoms with Crippen molar-refractivity contribution < 1.29 is 47.1 Å². The summed E-state index contributed by atoms with van der Waals surface area (Å²) >= 11 is 0. The minimum Gasteiger partial charge on any atom is -0.444 e. The standard InChI is InChI=1S/C40H54F2N4O8.C3H8/c1-39(2,3)54-38(53)44-33(25-15-17-40(41,42)18-16-25)37(52)46-22-27-20-28(27)34(46)30(48)21-26(19-23-11-12-23)35(50)29(47)13-14-31(49)43-32(36(51)45(4)5)24-9-7-6-8-10-24;1-3-2/h6-10,23,25-28,32-34H,11-22H2,1-5H3,(H,43,49)(H,44,53);3H2,1-2H3/t26?,27-,28-,32-,33-,34-;/m0./s1. The highest BCUT2D eigenvalue weighted by molar-refractivity contribution is 6.38. The molecule has 57 heavy (non-hydrogen) atoms. The molecule has 1 aliphatic heterocycles. The van der Waals surface area contributed by atoms with Crippen molar-refractivity contribution in [3.8, 4) is 0 Å². The quantitative estimate of drug-likeness (QED) is 0.187. The number of rotatable bonds is 16. The van der Waals surface area contributed by atoms with Gasteiger partial charge in [0.05, 0.1) is 6.04 Å². The fourth-order valence-corrected chi connectivity index (χ4v) is 7.90. The van der Waals surface area contributed by atoms with Gasteiger partial charge in [0.2, 0.25) is 29.4 Å². The number of carbonyl (C=O) groups excluding carboxylic acids is 7. The summed E-state index contributed by atoms with van der Waals surface area (Å²) in [6.07, 6.45) is 1.39. The minimum absolute atomic E-state index is 0.00941. The molecule has 12 nitrogen and oxygen atoms in total. The molecule has 0 bridgehead atoms. The Morgan fingerprint density at radius 3 is 2.11 bits per heavy atom. The van der Waals surface area contributed by atoms with Crippen LogP contribution in [-0.4, -0.2) is 95.2 Å². The van der Waals surface area contributed by atoms with E-state index in [1.807, 2.05) is 0 Å². The van der Waals surface area contributed by atoms with Gasteiger partial charge in [-0.2, -0.15) is 0 Å². The molecular formula is C43H62F2N4O8. The number of piperidine rings is 1. The van der Waals surface area contributed by atoms with Gasteiger partial charge in [0, 0.05) is 58.7 Å². The van der Waals surface area contributed by atoms with Gasteiger partial charge in [-0.3, -0.25) is 28.8 Å². The number of nitrogens with zero attached hydrogens (tertiary/aromatic N) is 2. The first-order valence-corrected chi connectivity index (χ1v) is 20.6. The first-order valence-electron chi connectivity index (χ1n) is 20.6. The highest BCUT2D eigenvalue weighted by Crippen LogP contribution is 2.51. The van der Waals surface area contributed by atoms with Gasteiger partial charge < -0.3 is 25.2 Å². The summed E-state index contributed by atoms with van der Waals surface area (Å²) in [5, 5.41) is 5.32. The van der Waals surface area contributed by atoms with Gasteiger partial charge in [0.15, 0.2) is 11.6 Å². The van der Waals surface area contributed by atoms with E-state index >= 15 is 0 Å². The number of alkyl carbamates (subject to hydrolysis) is 1. The lowest BCUT2D eigenvalue weighted by atomic mass is 9.81. The number of ether oxygens (including phenoxy) is 1. The van der Waals surface area contributed by atoms with Crippen LogP contribution in [0.3, 0.4) is 0 Å². The summed E-state index contributed by atoms with van der Waals surface area (Å²) in [6.45, 7) is 9.52. The number of amides is 4. The van der Waals surface area contributed by atoms with Gasteiger partial charge in [-0.25, -0.2) is 13.6 Å². The van der Waals surface area contributed by atoms with Crippen molar-refractivity contribution in [3.63, 3.8) is 0 Å². The van der Waals surface area contributed by atoms with E-state index in [0.717, 1.165) is 19.3 Å². The SMILES string of the molecule is CCC.CN(C)C(=O)[C@@H](NC(=O)CCC(=O)C(=O)C(CC(=O)[C@@H]1[C@H]2C[C@H]2CN1C(=O)[C@@H](NC(=O)OC(C)(C)C)C1CCC(F)(F)CC1)CC1CC1)c1ccccc1. The van der Waals surface area contributed by atoms with Crippen molar-refractivity contribution in [3.05, 3.63) is 35.9 Å². The summed E-state index contributed by atoms with van der Waals surface area (Å²) in [6, 6.07) is 5.67. The number of benzene rings is 1. The van der Waals surface area contributed by atoms with Crippen LogP contribution in [0.15, 0.2) is 30.3 Å². The molecule has 1 saturated heterocycles. The van der Waals surface area contributed by atoms with Crippen LogP contribution < -0.4 is 10.6 Å². The fraction of sp³-hybridized carbons (Fsp3) is 0.698. The lowest BCUT2D eigenvalue weighted by Crippen LogP contribution is -2.57. The van der Waals surface area contributed by atoms with E-state index in [0.29, 0.717) is 12.0 Å². The zero-order chi connectivity index (χ0) is 42.2. The van der Waals surface area contributed by atoms with Crippen molar-refractivity contribution >= 4 is 41.2 Å². The van der Waals surface area contributed by atoms with E-state index in [1.165, 1.54) is 16.2 Å². The van der Waals surface area contributed by atoms with Crippen LogP contribution in [0.25, 0.3) is 0 Å². The van der Waals surface area contributed by atoms with Crippen LogP contribution in [0.5, 0.6) is 0 Å². The highest BCUT2D eigenvalue weighted by Gasteiger charge is 2.58. The molecule has 3 saturated carbocycles. The molecule has 4 amide bonds. The number of ketones is 3. The van der Waals surface area contributed by atoms with E-state index in [-0.39, 0.29) is 61.7 Å². The van der Waals surface area contributed by atoms with E-state index in [9.17, 15) is 42.3 Å². The molecule has 1 unspecified atom stereocenters. The maximum Gasteiger partial charge on any atom is 0.408 e. The van der Waals surface area contributed by atoms with Gasteiger partial charge in [-0.05, 0) is 75.7 Å². The molecule has 4 aliphatic rings. The average molecular weight is 801 g/mol. The highest BCUT2D eigenvalue weighted by atomic mass is 19.3. The number of halogens is 2. The molecule has 1 aromatic carbocycles. The Bertz CT molecular complexity index is 1620. The normalized spacial score (nSPS) is 22.7. The molecule has 3 aliphatic carbocycles. The van der Waals surface area contributed by atoms with Crippen molar-refractivity contribution in [1.29, 1.82) is 0 Å². The summed E-state index contributed by atoms with van der Waals surface area (Å²) in [7, 11) is 3.13. The molecule has 6 atom stereocenters. The van der Waals surface area contributed by atoms with Gasteiger partial charge >= 0.3 is 6.09 Å². The lowest BCUT2D eigenvalue weighted by molar-refractivity contribution is -0.144. The molecule has 14 heteroatoms. The molecule has 0 aromatic heterocycles. The maximum absolute atomic E-state index is 14.2. The summed E-state index contributed by atoms with van der Waals surface area (Å²) in [5.74, 6) is -7.56. The number of hydrogen-bond acceptors (Lipinski definition) is 8. The molecule has 1 aromatic rings. The number of carbonyl (C=O) groups is 7. The molecule has 4 fully saturated rings. The van der Waals surface area contributed by atoms with Crippen LogP contribution in [-0.2, 0) is 33.5 Å². The minimum atomic E-state index is -2.86. The number of alkyl halides is 2. The molecule has 5 rings (SSSR count). The van der Waals surface area contributed by atoms with Crippen molar-refractivity contribution in [1.82, 2.24) is 20.4 Å². The summed E-state index contributed by atoms with van der Waals surface area (Å²) in [4.78, 5) is 96.7. The molecular weight excluding hydrogens is 738 g/mol. The van der Waals surface area contributed by atoms with Gasteiger partial charge in [-0.1, -0.05) is 63.4 Å². The van der Waals surface area contributed by atoms with Crippen LogP contribution in [0.1, 0.15) is 123 Å². The summed E-state index contributed by atoms with van der Waals surface area (Å²) < 4.78 is 33.6. The van der Waals surface area contributed by atoms with E-state index < -0.39 is 90.2 Å². The van der Waals surface area contributed by atoms with E-state index in [2.05, 4.69) is 24.5 Å². The van der Waals surface area contributed by atoms with Crippen LogP contribution >= 0.6 is 0 Å². The number of nitrogens with one attached hydrogen (secondary N) is 2. The molecule has 1 heterocycles. The monoisotopic (exact) mass is 800 g/mol. The Morgan fingerprint density at radius 1 is 0.930 bits per heavy atom. The Labute approximate surface area is 335 Å². The Kier molecular flexibility index (Phi) is 15.5. The molecule has 0 spiro atoms. The second kappa shape index (κ2) is 19.5. The third kappa shape index (κ3) is 13.1. The number of likely N-dealkylation sites (tertiary alicyclic amines) is 1. The van der Waals surface area contributed by atoms with E-state index in [1.54, 1.807) is 65.2 Å². The number of likely N-dealkylation sites (N-methyl/N-ethyl adjacent to an activating group) is 1. The van der Waals surface area contributed by atoms with Gasteiger partial charge in [0.1, 0.15) is 17.7 Å². The molecule has 2 N–H and O–H groups in total. The maximum atomic E-state index is 14.2. The predicted molar refractivity (Wildman–Crippen MR) is 209 cm³/mol. The van der Waals surface area contributed by atoms with Crippen LogP contribution in [0.4, 0.5) is 13.6 Å². The zero-order valence-electron chi connectivity index (χ0n) is 34.6. The smallest absolute Gasteiger partial charge is 0.408 e. The van der Waals surface area contributed by atoms with Crippen molar-refractivity contribution in [2.75, 3.05) is 20.6 Å². The summed E-state index contributed by atoms with van der Waals surface area (Å²) in [5.41, 5.74) is -0.301. The Hall–Kier alpha value is -4.23. The second-order valence-electron chi connectivity index (χ2n) is 17.6. The zero-order valence-corrected chi connectivity index (χ0v) is 34.6. The third-order valence-electron chi connectivity index (χ3n) is 11.0. The Balaban J connectivity index is 0.00000232. The topological polar surface area (TPSA) is 159 Å². The number of Topliss-reactive ketones (excluding diaryl/α,β-unsaturated/α-hetero) is 3. The van der Waals surface area contributed by atoms with Crippen LogP contribution in [0, 0.1) is 29.6 Å². The molecule has 316 valence electrons. The number of fused-ring (bicyclic) bond motifs is 1. The fourth-order valence-electron chi connectivity index (χ4n) is 7.90. The van der Waals surface area contributed by atoms with E-state index in [4.69, 9.17) is 4.74 Å². The van der Waals surface area contributed by atoms with Gasteiger partial charge in [-0.15, -0.1) is 0 Å².